The van der Waals surface area contributed by atoms with Crippen molar-refractivity contribution in [1.82, 2.24) is 19.1 Å². The molecule has 6 heterocycles. The number of piperazine rings is 1. The monoisotopic (exact) mass is 421 g/mol. The Morgan fingerprint density at radius 3 is 2.35 bits per heavy atom. The van der Waals surface area contributed by atoms with Gasteiger partial charge >= 0.3 is 5.69 Å². The van der Waals surface area contributed by atoms with E-state index >= 15 is 0 Å². The van der Waals surface area contributed by atoms with Crippen LogP contribution < -0.4 is 21.2 Å². The smallest absolute Gasteiger partial charge is 0.330 e. The number of anilines is 3. The number of aryl methyl sites for hydroxylation is 1. The molecule has 164 valence electrons. The molecular formula is C23H31N7O. The molecule has 2 atom stereocenters. The van der Waals surface area contributed by atoms with Crippen LogP contribution in [0.15, 0.2) is 35.3 Å². The number of hydrogen-bond acceptors (Lipinski definition) is 6. The number of imidazole rings is 1. The predicted octanol–water partition coefficient (Wildman–Crippen LogP) is 2.62. The third kappa shape index (κ3) is 3.43. The highest BCUT2D eigenvalue weighted by molar-refractivity contribution is 5.74. The van der Waals surface area contributed by atoms with Crippen LogP contribution in [-0.2, 0) is 13.6 Å². The maximum atomic E-state index is 12.9. The number of nitrogen functional groups attached to an aromatic ring is 1. The van der Waals surface area contributed by atoms with Crippen molar-refractivity contribution in [2.45, 2.75) is 52.2 Å². The summed E-state index contributed by atoms with van der Waals surface area (Å²) in [7, 11) is 1.82. The molecule has 0 aromatic carbocycles. The molecule has 0 saturated carbocycles. The minimum absolute atomic E-state index is 0.00587. The number of nitrogens with zero attached hydrogens (tertiary/aromatic N) is 6. The number of hydrogen-bond donors (Lipinski definition) is 1. The molecule has 0 spiro atoms. The van der Waals surface area contributed by atoms with Gasteiger partial charge in [-0.3, -0.25) is 9.13 Å². The van der Waals surface area contributed by atoms with E-state index < -0.39 is 0 Å². The SMILES string of the molecule is Cn1c(=O)n(CC(C)(C)C)c2ccc(N3CC4CCC3CN4c3cc(N)ccn3)nc21. The lowest BCUT2D eigenvalue weighted by atomic mass is 9.90. The molecule has 2 bridgehead atoms. The molecule has 3 aromatic heterocycles. The Hall–Kier alpha value is -3.03. The highest BCUT2D eigenvalue weighted by Crippen LogP contribution is 2.35. The standard InChI is InChI=1S/C23H31N7O/c1-23(2,3)14-30-18-7-8-19(26-21(18)27(4)22(30)31)28-12-17-6-5-16(28)13-29(17)20-11-15(24)9-10-25-20/h7-11,16-17H,5-6,12-14H2,1-4H3,(H2,24,25). The predicted molar refractivity (Wildman–Crippen MR) is 125 cm³/mol. The van der Waals surface area contributed by atoms with Crippen LogP contribution in [0.5, 0.6) is 0 Å². The van der Waals surface area contributed by atoms with Gasteiger partial charge in [0.2, 0.25) is 0 Å². The van der Waals surface area contributed by atoms with E-state index in [0.717, 1.165) is 54.4 Å². The van der Waals surface area contributed by atoms with Gasteiger partial charge < -0.3 is 15.5 Å². The van der Waals surface area contributed by atoms with Crippen LogP contribution in [0.3, 0.4) is 0 Å². The number of pyridine rings is 2. The first-order valence-corrected chi connectivity index (χ1v) is 11.0. The molecule has 0 amide bonds. The molecule has 3 aromatic rings. The molecule has 8 heteroatoms. The van der Waals surface area contributed by atoms with Gasteiger partial charge in [0, 0.05) is 56.7 Å². The zero-order valence-electron chi connectivity index (χ0n) is 18.7. The zero-order chi connectivity index (χ0) is 21.9. The Kier molecular flexibility index (Phi) is 4.50. The van der Waals surface area contributed by atoms with Crippen LogP contribution in [0, 0.1) is 5.41 Å². The lowest BCUT2D eigenvalue weighted by Crippen LogP contribution is -2.63. The maximum Gasteiger partial charge on any atom is 0.330 e. The molecule has 0 aliphatic carbocycles. The Morgan fingerprint density at radius 2 is 1.74 bits per heavy atom. The number of nitrogens with two attached hydrogens (primary N) is 1. The van der Waals surface area contributed by atoms with Gasteiger partial charge in [-0.05, 0) is 36.5 Å². The molecule has 6 rings (SSSR count). The second kappa shape index (κ2) is 7.00. The van der Waals surface area contributed by atoms with Gasteiger partial charge in [-0.25, -0.2) is 14.8 Å². The highest BCUT2D eigenvalue weighted by atomic mass is 16.1. The van der Waals surface area contributed by atoms with Gasteiger partial charge in [0.15, 0.2) is 5.65 Å². The molecule has 2 unspecified atom stereocenters. The average molecular weight is 422 g/mol. The Morgan fingerprint density at radius 1 is 1.06 bits per heavy atom. The molecule has 8 nitrogen and oxygen atoms in total. The van der Waals surface area contributed by atoms with E-state index in [1.807, 2.05) is 23.7 Å². The van der Waals surface area contributed by atoms with Gasteiger partial charge in [0.1, 0.15) is 11.6 Å². The molecule has 0 radical (unpaired) electrons. The third-order valence-corrected chi connectivity index (χ3v) is 6.49. The van der Waals surface area contributed by atoms with Crippen LogP contribution in [0.1, 0.15) is 33.6 Å². The minimum Gasteiger partial charge on any atom is -0.399 e. The number of rotatable bonds is 3. The van der Waals surface area contributed by atoms with Crippen LogP contribution in [0.25, 0.3) is 11.2 Å². The van der Waals surface area contributed by atoms with Crippen LogP contribution in [0.2, 0.25) is 0 Å². The second-order valence-electron chi connectivity index (χ2n) is 10.1. The first kappa shape index (κ1) is 19.9. The van der Waals surface area contributed by atoms with Gasteiger partial charge in [-0.15, -0.1) is 0 Å². The Balaban J connectivity index is 1.46. The minimum atomic E-state index is -0.00587. The fourth-order valence-electron chi connectivity index (χ4n) is 5.03. The summed E-state index contributed by atoms with van der Waals surface area (Å²) in [5.41, 5.74) is 8.39. The third-order valence-electron chi connectivity index (χ3n) is 6.49. The summed E-state index contributed by atoms with van der Waals surface area (Å²) in [5.74, 6) is 1.91. The molecule has 3 saturated heterocycles. The van der Waals surface area contributed by atoms with E-state index in [1.165, 1.54) is 0 Å². The maximum absolute atomic E-state index is 12.9. The fraction of sp³-hybridized carbons (Fsp3) is 0.522. The summed E-state index contributed by atoms with van der Waals surface area (Å²) in [6.45, 7) is 8.91. The summed E-state index contributed by atoms with van der Waals surface area (Å²) in [6.07, 6.45) is 4.05. The molecule has 3 aliphatic rings. The van der Waals surface area contributed by atoms with E-state index in [9.17, 15) is 4.79 Å². The molecule has 3 fully saturated rings. The number of piperidine rings is 2. The second-order valence-corrected chi connectivity index (χ2v) is 10.1. The summed E-state index contributed by atoms with van der Waals surface area (Å²) >= 11 is 0. The zero-order valence-corrected chi connectivity index (χ0v) is 18.7. The first-order valence-electron chi connectivity index (χ1n) is 11.0. The van der Waals surface area contributed by atoms with E-state index in [-0.39, 0.29) is 11.1 Å². The van der Waals surface area contributed by atoms with Gasteiger partial charge in [0.05, 0.1) is 5.52 Å². The van der Waals surface area contributed by atoms with Crippen LogP contribution in [0.4, 0.5) is 17.3 Å². The first-order chi connectivity index (χ1) is 14.7. The van der Waals surface area contributed by atoms with Crippen molar-refractivity contribution >= 4 is 28.5 Å². The number of aromatic nitrogens is 4. The van der Waals surface area contributed by atoms with Crippen molar-refractivity contribution in [1.29, 1.82) is 0 Å². The van der Waals surface area contributed by atoms with Crippen molar-refractivity contribution in [3.63, 3.8) is 0 Å². The van der Waals surface area contributed by atoms with Gasteiger partial charge in [0.25, 0.3) is 0 Å². The van der Waals surface area contributed by atoms with Crippen molar-refractivity contribution in [3.05, 3.63) is 40.9 Å². The lowest BCUT2D eigenvalue weighted by molar-refractivity contribution is 0.330. The topological polar surface area (TPSA) is 85.2 Å². The largest absolute Gasteiger partial charge is 0.399 e. The van der Waals surface area contributed by atoms with Crippen molar-refractivity contribution in [2.75, 3.05) is 28.6 Å². The summed E-state index contributed by atoms with van der Waals surface area (Å²) in [6, 6.07) is 8.67. The molecule has 31 heavy (non-hydrogen) atoms. The Labute approximate surface area is 182 Å². The summed E-state index contributed by atoms with van der Waals surface area (Å²) < 4.78 is 3.53. The highest BCUT2D eigenvalue weighted by Gasteiger charge is 2.40. The summed E-state index contributed by atoms with van der Waals surface area (Å²) in [4.78, 5) is 27.1. The molecule has 3 aliphatic heterocycles. The van der Waals surface area contributed by atoms with Crippen LogP contribution in [-0.4, -0.2) is 44.3 Å². The lowest BCUT2D eigenvalue weighted by Gasteiger charge is -2.52. The van der Waals surface area contributed by atoms with Crippen LogP contribution >= 0.6 is 0 Å². The van der Waals surface area contributed by atoms with E-state index in [0.29, 0.717) is 18.6 Å². The van der Waals surface area contributed by atoms with Crippen molar-refractivity contribution in [3.8, 4) is 0 Å². The quantitative estimate of drug-likeness (QED) is 0.700. The van der Waals surface area contributed by atoms with E-state index in [4.69, 9.17) is 10.7 Å². The van der Waals surface area contributed by atoms with E-state index in [1.54, 1.807) is 10.8 Å². The van der Waals surface area contributed by atoms with Gasteiger partial charge in [-0.2, -0.15) is 0 Å². The van der Waals surface area contributed by atoms with E-state index in [2.05, 4.69) is 47.7 Å². The average Bonchev–Trinajstić information content (AvgIpc) is 2.97. The van der Waals surface area contributed by atoms with Crippen molar-refractivity contribution < 1.29 is 0 Å². The van der Waals surface area contributed by atoms with Crippen molar-refractivity contribution in [2.24, 2.45) is 12.5 Å². The van der Waals surface area contributed by atoms with Gasteiger partial charge in [-0.1, -0.05) is 20.8 Å². The summed E-state index contributed by atoms with van der Waals surface area (Å²) in [5, 5.41) is 0. The molecule has 2 N–H and O–H groups in total. The molecular weight excluding hydrogens is 390 g/mol. The number of fused-ring (bicyclic) bond motifs is 4. The fourth-order valence-corrected chi connectivity index (χ4v) is 5.03. The normalized spacial score (nSPS) is 21.3. The Bertz CT molecular complexity index is 1190.